The van der Waals surface area contributed by atoms with Gasteiger partial charge in [-0.05, 0) is 70.4 Å². The predicted molar refractivity (Wildman–Crippen MR) is 113 cm³/mol. The average Bonchev–Trinajstić information content (AvgIpc) is 2.98. The number of hydrogen-bond acceptors (Lipinski definition) is 0. The van der Waals surface area contributed by atoms with Gasteiger partial charge < -0.3 is 4.48 Å². The van der Waals surface area contributed by atoms with Crippen LogP contribution in [-0.4, -0.2) is 25.1 Å². The quantitative estimate of drug-likeness (QED) is 0.407. The topological polar surface area (TPSA) is 0 Å². The summed E-state index contributed by atoms with van der Waals surface area (Å²) in [5, 5.41) is 0. The summed E-state index contributed by atoms with van der Waals surface area (Å²) < 4.78 is 1.05. The van der Waals surface area contributed by atoms with E-state index in [1.165, 1.54) is 47.2 Å². The summed E-state index contributed by atoms with van der Waals surface area (Å²) >= 11 is 0. The number of fused-ring (bicyclic) bond motifs is 4. The summed E-state index contributed by atoms with van der Waals surface area (Å²) in [7, 11) is 4.81. The van der Waals surface area contributed by atoms with Gasteiger partial charge in [-0.15, -0.1) is 0 Å². The van der Waals surface area contributed by atoms with Crippen molar-refractivity contribution in [2.24, 2.45) is 17.3 Å². The highest BCUT2D eigenvalue weighted by Gasteiger charge is 2.52. The second-order valence-electron chi connectivity index (χ2n) is 10.4. The molecule has 0 heterocycles. The summed E-state index contributed by atoms with van der Waals surface area (Å²) in [6.07, 6.45) is 6.39. The largest absolute Gasteiger partial charge is 0.321 e. The first-order valence-corrected chi connectivity index (χ1v) is 10.5. The van der Waals surface area contributed by atoms with E-state index in [-0.39, 0.29) is 0 Å². The molecule has 1 nitrogen and oxygen atoms in total. The van der Waals surface area contributed by atoms with Gasteiger partial charge in [-0.25, -0.2) is 0 Å². The van der Waals surface area contributed by atoms with Gasteiger partial charge in [-0.2, -0.15) is 0 Å². The summed E-state index contributed by atoms with van der Waals surface area (Å²) in [6, 6.07) is 16.0. The molecule has 1 fully saturated rings. The molecule has 0 spiro atoms. The normalized spacial score (nSPS) is 24.7. The van der Waals surface area contributed by atoms with Crippen LogP contribution in [0.4, 0.5) is 0 Å². The highest BCUT2D eigenvalue weighted by atomic mass is 15.3. The number of likely N-dealkylation sites (N-methyl/N-ethyl adjacent to an activating group) is 1. The van der Waals surface area contributed by atoms with Gasteiger partial charge in [0, 0.05) is 5.56 Å². The van der Waals surface area contributed by atoms with E-state index >= 15 is 0 Å². The van der Waals surface area contributed by atoms with Gasteiger partial charge in [0.1, 0.15) is 13.1 Å². The fourth-order valence-electron chi connectivity index (χ4n) is 6.00. The molecule has 0 saturated heterocycles. The Hall–Kier alpha value is -1.86. The van der Waals surface area contributed by atoms with Crippen molar-refractivity contribution in [2.75, 3.05) is 20.6 Å². The molecular formula is C26H32N+. The molecule has 0 aliphatic heterocycles. The van der Waals surface area contributed by atoms with Crippen LogP contribution >= 0.6 is 0 Å². The van der Waals surface area contributed by atoms with Crippen LogP contribution in [0.3, 0.4) is 0 Å². The van der Waals surface area contributed by atoms with Gasteiger partial charge in [0.25, 0.3) is 0 Å². The van der Waals surface area contributed by atoms with E-state index in [9.17, 15) is 0 Å². The van der Waals surface area contributed by atoms with E-state index in [4.69, 9.17) is 0 Å². The summed E-state index contributed by atoms with van der Waals surface area (Å²) in [6.45, 7) is 7.27. The smallest absolute Gasteiger partial charge is 0.104 e. The highest BCUT2D eigenvalue weighted by molar-refractivity contribution is 5.76. The second-order valence-corrected chi connectivity index (χ2v) is 10.4. The third kappa shape index (κ3) is 2.79. The van der Waals surface area contributed by atoms with Gasteiger partial charge in [0.05, 0.1) is 14.1 Å². The maximum absolute atomic E-state index is 2.57. The Morgan fingerprint density at radius 1 is 0.963 bits per heavy atom. The zero-order valence-electron chi connectivity index (χ0n) is 17.3. The maximum atomic E-state index is 2.57. The van der Waals surface area contributed by atoms with Crippen LogP contribution in [-0.2, 0) is 13.0 Å². The molecule has 0 radical (unpaired) electrons. The molecule has 4 aliphatic rings. The minimum absolute atomic E-state index is 0.531. The minimum Gasteiger partial charge on any atom is -0.321 e. The van der Waals surface area contributed by atoms with Crippen LogP contribution in [0.5, 0.6) is 0 Å². The first-order chi connectivity index (χ1) is 12.8. The number of quaternary nitrogens is 1. The van der Waals surface area contributed by atoms with Crippen LogP contribution in [0.1, 0.15) is 43.4 Å². The molecule has 1 saturated carbocycles. The summed E-state index contributed by atoms with van der Waals surface area (Å²) in [5.74, 6) is 1.75. The monoisotopic (exact) mass is 358 g/mol. The van der Waals surface area contributed by atoms with E-state index in [0.29, 0.717) is 5.41 Å². The molecule has 2 bridgehead atoms. The Morgan fingerprint density at radius 2 is 1.74 bits per heavy atom. The van der Waals surface area contributed by atoms with E-state index in [1.54, 1.807) is 5.57 Å². The molecule has 0 N–H and O–H groups in total. The molecule has 4 aliphatic carbocycles. The molecule has 2 aromatic carbocycles. The van der Waals surface area contributed by atoms with Crippen molar-refractivity contribution in [2.45, 2.75) is 39.7 Å². The summed E-state index contributed by atoms with van der Waals surface area (Å²) in [4.78, 5) is 0. The maximum Gasteiger partial charge on any atom is 0.104 e. The molecule has 27 heavy (non-hydrogen) atoms. The lowest BCUT2D eigenvalue weighted by Gasteiger charge is -2.57. The molecule has 2 aromatic rings. The highest BCUT2D eigenvalue weighted by Crippen LogP contribution is 2.59. The first kappa shape index (κ1) is 17.3. The molecule has 0 aromatic heterocycles. The van der Waals surface area contributed by atoms with Crippen LogP contribution in [0.15, 0.2) is 54.1 Å². The molecule has 2 atom stereocenters. The van der Waals surface area contributed by atoms with Gasteiger partial charge in [0.2, 0.25) is 0 Å². The van der Waals surface area contributed by atoms with Gasteiger partial charge in [-0.1, -0.05) is 56.3 Å². The predicted octanol–water partition coefficient (Wildman–Crippen LogP) is 5.83. The van der Waals surface area contributed by atoms with Crippen molar-refractivity contribution in [3.8, 4) is 11.1 Å². The third-order valence-electron chi connectivity index (χ3n) is 7.66. The van der Waals surface area contributed by atoms with Crippen LogP contribution in [0, 0.1) is 17.3 Å². The molecule has 140 valence electrons. The lowest BCUT2D eigenvalue weighted by Crippen LogP contribution is -2.52. The van der Waals surface area contributed by atoms with Crippen molar-refractivity contribution in [1.29, 1.82) is 0 Å². The minimum atomic E-state index is 0.531. The van der Waals surface area contributed by atoms with Crippen LogP contribution in [0.25, 0.3) is 11.1 Å². The van der Waals surface area contributed by atoms with Crippen molar-refractivity contribution >= 4 is 0 Å². The SMILES string of the molecule is CC1(C)[C@H]2CC=C(C[N+](C)(C)Cc3ccc4c(c3)Cc3ccccc3-4)[C@@H]1C2. The van der Waals surface area contributed by atoms with Crippen molar-refractivity contribution in [3.63, 3.8) is 0 Å². The number of nitrogens with zero attached hydrogens (tertiary/aromatic N) is 1. The zero-order chi connectivity index (χ0) is 18.8. The fourth-order valence-corrected chi connectivity index (χ4v) is 6.00. The van der Waals surface area contributed by atoms with E-state index in [1.807, 2.05) is 0 Å². The zero-order valence-corrected chi connectivity index (χ0v) is 17.3. The van der Waals surface area contributed by atoms with Gasteiger partial charge in [-0.3, -0.25) is 0 Å². The fraction of sp³-hybridized carbons (Fsp3) is 0.462. The third-order valence-corrected chi connectivity index (χ3v) is 7.66. The Balaban J connectivity index is 1.33. The summed E-state index contributed by atoms with van der Waals surface area (Å²) in [5.41, 5.74) is 9.60. The lowest BCUT2D eigenvalue weighted by atomic mass is 9.49. The number of rotatable bonds is 4. The first-order valence-electron chi connectivity index (χ1n) is 10.5. The van der Waals surface area contributed by atoms with Gasteiger partial charge in [0.15, 0.2) is 0 Å². The van der Waals surface area contributed by atoms with E-state index in [0.717, 1.165) is 29.3 Å². The molecular weight excluding hydrogens is 326 g/mol. The molecule has 6 rings (SSSR count). The second kappa shape index (κ2) is 5.82. The van der Waals surface area contributed by atoms with Crippen LogP contribution in [0.2, 0.25) is 0 Å². The number of benzene rings is 2. The molecule has 0 amide bonds. The number of allylic oxidation sites excluding steroid dienone is 1. The standard InChI is InChI=1S/C26H32N/c1-26(2)22-11-10-20(25(26)15-22)17-27(3,4)16-18-9-12-24-21(13-18)14-19-7-5-6-8-23(19)24/h5-10,12-13,22,25H,11,14-17H2,1-4H3/q+1/t22-,25-/m0/s1. The van der Waals surface area contributed by atoms with Crippen molar-refractivity contribution in [1.82, 2.24) is 0 Å². The Bertz CT molecular complexity index is 931. The lowest BCUT2D eigenvalue weighted by molar-refractivity contribution is -0.899. The van der Waals surface area contributed by atoms with Crippen molar-refractivity contribution in [3.05, 3.63) is 70.8 Å². The average molecular weight is 359 g/mol. The molecule has 1 heteroatoms. The van der Waals surface area contributed by atoms with E-state index in [2.05, 4.69) is 76.5 Å². The Morgan fingerprint density at radius 3 is 2.52 bits per heavy atom. The van der Waals surface area contributed by atoms with Gasteiger partial charge >= 0.3 is 0 Å². The van der Waals surface area contributed by atoms with Crippen molar-refractivity contribution < 1.29 is 4.48 Å². The Kier molecular flexibility index (Phi) is 3.72. The Labute approximate surface area is 164 Å². The number of hydrogen-bond donors (Lipinski definition) is 0. The molecule has 0 unspecified atom stereocenters. The van der Waals surface area contributed by atoms with Crippen LogP contribution < -0.4 is 0 Å². The van der Waals surface area contributed by atoms with E-state index < -0.39 is 0 Å².